The van der Waals surface area contributed by atoms with Crippen LogP contribution in [0, 0.1) is 57.9 Å². The van der Waals surface area contributed by atoms with Gasteiger partial charge < -0.3 is 0 Å². The molecule has 0 atom stereocenters. The first-order valence-corrected chi connectivity index (χ1v) is 5.66. The fourth-order valence-corrected chi connectivity index (χ4v) is 1.37. The monoisotopic (exact) mass is 353 g/mol. The molecule has 0 aromatic heterocycles. The molecule has 24 heavy (non-hydrogen) atoms. The first-order valence-electron chi connectivity index (χ1n) is 5.66. The van der Waals surface area contributed by atoms with E-state index in [0.29, 0.717) is 0 Å². The number of carbonyl (C=O) groups is 1. The van der Waals surface area contributed by atoms with Crippen LogP contribution in [0.3, 0.4) is 0 Å². The Kier molecular flexibility index (Phi) is 6.00. The van der Waals surface area contributed by atoms with E-state index in [4.69, 9.17) is 5.26 Å². The average molecular weight is 353 g/mol. The van der Waals surface area contributed by atoms with Gasteiger partial charge in [-0.2, -0.15) is 5.26 Å². The number of halogens is 8. The predicted molar refractivity (Wildman–Crippen MR) is 62.7 cm³/mol. The molecule has 2 nitrogen and oxygen atoms in total. The van der Waals surface area contributed by atoms with E-state index >= 15 is 0 Å². The third-order valence-corrected chi connectivity index (χ3v) is 2.49. The minimum absolute atomic E-state index is 0.0394. The molecule has 0 bridgehead atoms. The molecule has 126 valence electrons. The average Bonchev–Trinajstić information content (AvgIpc) is 2.53. The normalized spacial score (nSPS) is 9.79. The lowest BCUT2D eigenvalue weighted by Crippen LogP contribution is -2.00. The zero-order valence-corrected chi connectivity index (χ0v) is 11.1. The molecule has 0 saturated carbocycles. The summed E-state index contributed by atoms with van der Waals surface area (Å²) >= 11 is 0. The number of aldehydes is 1. The molecule has 0 saturated heterocycles. The number of rotatable bonds is 1. The van der Waals surface area contributed by atoms with Crippen molar-refractivity contribution in [3.8, 4) is 6.07 Å². The van der Waals surface area contributed by atoms with Gasteiger partial charge in [0.25, 0.3) is 0 Å². The number of nitriles is 1. The minimum atomic E-state index is -1.68. The molecule has 2 aromatic carbocycles. The zero-order valence-electron chi connectivity index (χ0n) is 11.1. The highest BCUT2D eigenvalue weighted by atomic mass is 19.2. The second-order valence-electron chi connectivity index (χ2n) is 3.95. The first-order chi connectivity index (χ1) is 11.1. The highest BCUT2D eigenvalue weighted by molar-refractivity contribution is 5.75. The lowest BCUT2D eigenvalue weighted by molar-refractivity contribution is 0.111. The van der Waals surface area contributed by atoms with Gasteiger partial charge in [0.2, 0.25) is 0 Å². The lowest BCUT2D eigenvalue weighted by Gasteiger charge is -1.98. The van der Waals surface area contributed by atoms with E-state index in [0.717, 1.165) is 6.07 Å². The summed E-state index contributed by atoms with van der Waals surface area (Å²) in [6, 6.07) is 1.10. The van der Waals surface area contributed by atoms with E-state index in [1.165, 1.54) is 0 Å². The molecule has 0 heterocycles. The maximum absolute atomic E-state index is 12.4. The third kappa shape index (κ3) is 3.68. The van der Waals surface area contributed by atoms with Gasteiger partial charge in [-0.3, -0.25) is 4.79 Å². The molecule has 0 fully saturated rings. The summed E-state index contributed by atoms with van der Waals surface area (Å²) in [7, 11) is 0. The second kappa shape index (κ2) is 7.54. The van der Waals surface area contributed by atoms with Gasteiger partial charge in [-0.05, 0) is 0 Å². The predicted octanol–water partition coefficient (Wildman–Crippen LogP) is 4.17. The molecule has 0 aliphatic carbocycles. The summed E-state index contributed by atoms with van der Waals surface area (Å²) in [4.78, 5) is 9.94. The molecule has 0 N–H and O–H groups in total. The Morgan fingerprint density at radius 1 is 0.708 bits per heavy atom. The van der Waals surface area contributed by atoms with Crippen LogP contribution in [0.4, 0.5) is 35.1 Å². The minimum Gasteiger partial charge on any atom is -0.298 e. The molecule has 0 spiro atoms. The Labute approximate surface area is 128 Å². The zero-order chi connectivity index (χ0) is 18.6. The topological polar surface area (TPSA) is 40.9 Å². The number of hydrogen-bond acceptors (Lipinski definition) is 2. The van der Waals surface area contributed by atoms with Gasteiger partial charge >= 0.3 is 0 Å². The molecular weight excluding hydrogens is 350 g/mol. The third-order valence-electron chi connectivity index (χ3n) is 2.49. The highest BCUT2D eigenvalue weighted by Crippen LogP contribution is 2.18. The second-order valence-corrected chi connectivity index (χ2v) is 3.95. The summed E-state index contributed by atoms with van der Waals surface area (Å²) < 4.78 is 98.8. The van der Waals surface area contributed by atoms with Crippen molar-refractivity contribution in [1.82, 2.24) is 0 Å². The van der Waals surface area contributed by atoms with Gasteiger partial charge in [-0.25, -0.2) is 35.1 Å². The van der Waals surface area contributed by atoms with Crippen LogP contribution in [0.2, 0.25) is 0 Å². The largest absolute Gasteiger partial charge is 0.298 e. The summed E-state index contributed by atoms with van der Waals surface area (Å²) in [6.07, 6.45) is -0.281. The van der Waals surface area contributed by atoms with Gasteiger partial charge in [-0.1, -0.05) is 0 Å². The van der Waals surface area contributed by atoms with Gasteiger partial charge in [0.15, 0.2) is 52.8 Å². The molecule has 0 aliphatic heterocycles. The maximum atomic E-state index is 12.4. The number of hydrogen-bond donors (Lipinski definition) is 0. The van der Waals surface area contributed by atoms with Crippen molar-refractivity contribution < 1.29 is 39.9 Å². The Morgan fingerprint density at radius 2 is 1.04 bits per heavy atom. The molecule has 0 amide bonds. The SMILES string of the molecule is N#Cc1c(F)c(F)cc(F)c1F.O=Cc1c(F)c(F)cc(F)c1F. The van der Waals surface area contributed by atoms with Crippen molar-refractivity contribution in [2.45, 2.75) is 0 Å². The quantitative estimate of drug-likeness (QED) is 0.439. The van der Waals surface area contributed by atoms with Crippen molar-refractivity contribution >= 4 is 6.29 Å². The van der Waals surface area contributed by atoms with Crippen LogP contribution in [0.1, 0.15) is 15.9 Å². The van der Waals surface area contributed by atoms with Crippen LogP contribution in [0.5, 0.6) is 0 Å². The Morgan fingerprint density at radius 3 is 1.33 bits per heavy atom. The van der Waals surface area contributed by atoms with Crippen LogP contribution in [0.15, 0.2) is 12.1 Å². The first kappa shape index (κ1) is 19.1. The molecule has 10 heteroatoms. The summed E-state index contributed by atoms with van der Waals surface area (Å²) in [5.41, 5.74) is -2.47. The number of carbonyl (C=O) groups excluding carboxylic acids is 1. The molecular formula is C14H3F8NO. The Hall–Kier alpha value is -2.96. The Bertz CT molecular complexity index is 792. The van der Waals surface area contributed by atoms with Gasteiger partial charge in [0.05, 0.1) is 5.56 Å². The van der Waals surface area contributed by atoms with Crippen LogP contribution in [-0.4, -0.2) is 6.29 Å². The number of nitrogens with zero attached hydrogens (tertiary/aromatic N) is 1. The van der Waals surface area contributed by atoms with E-state index in [-0.39, 0.29) is 18.4 Å². The van der Waals surface area contributed by atoms with Crippen LogP contribution in [0.25, 0.3) is 0 Å². The smallest absolute Gasteiger partial charge is 0.179 e. The summed E-state index contributed by atoms with van der Waals surface area (Å²) in [6.45, 7) is 0. The standard InChI is InChI=1S/C7HF4N.C7H2F4O/c2*8-4-1-5(9)7(11)3(2-12)6(4)10/h1H;1-2H. The van der Waals surface area contributed by atoms with Crippen molar-refractivity contribution in [3.63, 3.8) is 0 Å². The maximum Gasteiger partial charge on any atom is 0.179 e. The van der Waals surface area contributed by atoms with Crippen LogP contribution >= 0.6 is 0 Å². The van der Waals surface area contributed by atoms with Crippen molar-refractivity contribution in [3.05, 3.63) is 69.8 Å². The van der Waals surface area contributed by atoms with E-state index < -0.39 is 57.7 Å². The van der Waals surface area contributed by atoms with Crippen molar-refractivity contribution in [1.29, 1.82) is 5.26 Å². The van der Waals surface area contributed by atoms with Gasteiger partial charge in [0, 0.05) is 12.1 Å². The van der Waals surface area contributed by atoms with Gasteiger partial charge in [0.1, 0.15) is 11.6 Å². The van der Waals surface area contributed by atoms with Crippen molar-refractivity contribution in [2.75, 3.05) is 0 Å². The van der Waals surface area contributed by atoms with Crippen molar-refractivity contribution in [2.24, 2.45) is 0 Å². The fourth-order valence-electron chi connectivity index (χ4n) is 1.37. The summed E-state index contributed by atoms with van der Waals surface area (Å²) in [5, 5.41) is 8.08. The molecule has 2 rings (SSSR count). The summed E-state index contributed by atoms with van der Waals surface area (Å²) in [5.74, 6) is -13.0. The molecule has 0 aliphatic rings. The van der Waals surface area contributed by atoms with E-state index in [9.17, 15) is 39.9 Å². The van der Waals surface area contributed by atoms with E-state index in [2.05, 4.69) is 0 Å². The van der Waals surface area contributed by atoms with Crippen LogP contribution in [-0.2, 0) is 0 Å². The molecule has 0 unspecified atom stereocenters. The van der Waals surface area contributed by atoms with Crippen LogP contribution < -0.4 is 0 Å². The molecule has 0 radical (unpaired) electrons. The fraction of sp³-hybridized carbons (Fsp3) is 0. The van der Waals surface area contributed by atoms with E-state index in [1.807, 2.05) is 0 Å². The Balaban J connectivity index is 0.000000240. The molecule has 2 aromatic rings. The van der Waals surface area contributed by atoms with E-state index in [1.54, 1.807) is 0 Å². The highest BCUT2D eigenvalue weighted by Gasteiger charge is 2.18. The number of benzene rings is 2. The van der Waals surface area contributed by atoms with Gasteiger partial charge in [-0.15, -0.1) is 0 Å². The lowest BCUT2D eigenvalue weighted by atomic mass is 10.2.